The Balaban J connectivity index is 3.08. The summed E-state index contributed by atoms with van der Waals surface area (Å²) < 4.78 is 26.2. The zero-order valence-corrected chi connectivity index (χ0v) is 13.2. The van der Waals surface area contributed by atoms with Crippen LogP contribution in [0.3, 0.4) is 0 Å². The van der Waals surface area contributed by atoms with Gasteiger partial charge < -0.3 is 10.4 Å². The van der Waals surface area contributed by atoms with Crippen LogP contribution in [0, 0.1) is 0 Å². The molecule has 0 aromatic carbocycles. The maximum atomic E-state index is 12.5. The molecule has 1 aromatic heterocycles. The molecule has 1 aromatic rings. The number of sulfonamides is 1. The normalized spacial score (nSPS) is 11.8. The minimum atomic E-state index is -3.68. The second-order valence-electron chi connectivity index (χ2n) is 4.23. The van der Waals surface area contributed by atoms with Crippen LogP contribution >= 0.6 is 11.6 Å². The van der Waals surface area contributed by atoms with Gasteiger partial charge in [-0.1, -0.05) is 24.9 Å². The maximum absolute atomic E-state index is 12.5. The molecule has 0 aliphatic rings. The molecule has 6 nitrogen and oxygen atoms in total. The fourth-order valence-corrected chi connectivity index (χ4v) is 3.46. The number of aromatic nitrogens is 1. The number of pyridine rings is 1. The summed E-state index contributed by atoms with van der Waals surface area (Å²) in [5.74, 6) is 0.424. The molecule has 0 radical (unpaired) electrons. The van der Waals surface area contributed by atoms with Gasteiger partial charge >= 0.3 is 0 Å². The number of nitrogens with one attached hydrogen (secondary N) is 1. The number of hydrogen-bond acceptors (Lipinski definition) is 5. The van der Waals surface area contributed by atoms with Crippen molar-refractivity contribution in [2.24, 2.45) is 0 Å². The Hall–Kier alpha value is -0.890. The van der Waals surface area contributed by atoms with E-state index in [0.29, 0.717) is 12.4 Å². The van der Waals surface area contributed by atoms with E-state index in [1.165, 1.54) is 16.6 Å². The van der Waals surface area contributed by atoms with E-state index in [-0.39, 0.29) is 23.1 Å². The molecule has 0 fully saturated rings. The van der Waals surface area contributed by atoms with Crippen molar-refractivity contribution in [3.63, 3.8) is 0 Å². The van der Waals surface area contributed by atoms with Gasteiger partial charge in [0.05, 0.1) is 11.6 Å². The van der Waals surface area contributed by atoms with Crippen molar-refractivity contribution >= 4 is 27.4 Å². The molecule has 114 valence electrons. The Kier molecular flexibility index (Phi) is 6.67. The summed E-state index contributed by atoms with van der Waals surface area (Å²) in [5.41, 5.74) is 0. The summed E-state index contributed by atoms with van der Waals surface area (Å²) in [6.45, 7) is 2.18. The largest absolute Gasteiger partial charge is 0.395 e. The van der Waals surface area contributed by atoms with Gasteiger partial charge in [-0.2, -0.15) is 4.31 Å². The van der Waals surface area contributed by atoms with Gasteiger partial charge in [-0.3, -0.25) is 0 Å². The van der Waals surface area contributed by atoms with Crippen LogP contribution in [0.5, 0.6) is 0 Å². The van der Waals surface area contributed by atoms with Crippen molar-refractivity contribution in [2.75, 3.05) is 32.1 Å². The Bertz CT molecular complexity index is 537. The van der Waals surface area contributed by atoms with Crippen molar-refractivity contribution in [1.29, 1.82) is 0 Å². The minimum Gasteiger partial charge on any atom is -0.395 e. The van der Waals surface area contributed by atoms with Crippen LogP contribution in [0.2, 0.25) is 5.02 Å². The molecular weight excluding hydrogens is 302 g/mol. The first kappa shape index (κ1) is 17.2. The maximum Gasteiger partial charge on any atom is 0.244 e. The topological polar surface area (TPSA) is 82.5 Å². The molecule has 0 atom stereocenters. The number of unbranched alkanes of at least 4 members (excludes halogenated alkanes) is 1. The van der Waals surface area contributed by atoms with Gasteiger partial charge in [0.2, 0.25) is 10.0 Å². The molecule has 0 bridgehead atoms. The fourth-order valence-electron chi connectivity index (χ4n) is 1.69. The van der Waals surface area contributed by atoms with Crippen LogP contribution in [0.25, 0.3) is 0 Å². The van der Waals surface area contributed by atoms with Crippen LogP contribution in [0.15, 0.2) is 17.2 Å². The zero-order chi connectivity index (χ0) is 15.2. The van der Waals surface area contributed by atoms with Crippen molar-refractivity contribution in [3.05, 3.63) is 17.3 Å². The number of rotatable bonds is 8. The number of anilines is 1. The lowest BCUT2D eigenvalue weighted by molar-refractivity contribution is 0.252. The van der Waals surface area contributed by atoms with Crippen molar-refractivity contribution < 1.29 is 13.5 Å². The lowest BCUT2D eigenvalue weighted by Crippen LogP contribution is -2.34. The number of hydrogen-bond donors (Lipinski definition) is 2. The molecular formula is C12H20ClN3O3S. The summed E-state index contributed by atoms with van der Waals surface area (Å²) in [6.07, 6.45) is 2.87. The summed E-state index contributed by atoms with van der Waals surface area (Å²) in [5, 5.41) is 12.0. The fraction of sp³-hybridized carbons (Fsp3) is 0.583. The highest BCUT2D eigenvalue weighted by Crippen LogP contribution is 2.24. The van der Waals surface area contributed by atoms with Gasteiger partial charge in [0.15, 0.2) is 0 Å². The SMILES string of the molecule is CCCCN(CCO)S(=O)(=O)c1cnc(NC)c(Cl)c1. The quantitative estimate of drug-likeness (QED) is 0.759. The van der Waals surface area contributed by atoms with E-state index >= 15 is 0 Å². The first-order valence-electron chi connectivity index (χ1n) is 6.41. The lowest BCUT2D eigenvalue weighted by atomic mass is 10.3. The van der Waals surface area contributed by atoms with E-state index in [1.54, 1.807) is 7.05 Å². The third kappa shape index (κ3) is 4.05. The van der Waals surface area contributed by atoms with Gasteiger partial charge in [0.25, 0.3) is 0 Å². The molecule has 0 amide bonds. The highest BCUT2D eigenvalue weighted by Gasteiger charge is 2.24. The van der Waals surface area contributed by atoms with Crippen LogP contribution in [-0.4, -0.2) is 49.6 Å². The van der Waals surface area contributed by atoms with Crippen molar-refractivity contribution in [2.45, 2.75) is 24.7 Å². The molecule has 8 heteroatoms. The average molecular weight is 322 g/mol. The van der Waals surface area contributed by atoms with E-state index in [4.69, 9.17) is 16.7 Å². The molecule has 0 unspecified atom stereocenters. The van der Waals surface area contributed by atoms with E-state index in [9.17, 15) is 8.42 Å². The minimum absolute atomic E-state index is 0.0334. The number of aliphatic hydroxyl groups is 1. The number of nitrogens with zero attached hydrogens (tertiary/aromatic N) is 2. The van der Waals surface area contributed by atoms with Gasteiger partial charge in [0.1, 0.15) is 10.7 Å². The van der Waals surface area contributed by atoms with Crippen molar-refractivity contribution in [1.82, 2.24) is 9.29 Å². The first-order chi connectivity index (χ1) is 9.47. The molecule has 1 rings (SSSR count). The standard InChI is InChI=1S/C12H20ClN3O3S/c1-3-4-5-16(6-7-17)20(18,19)10-8-11(13)12(14-2)15-9-10/h8-9,17H,3-7H2,1-2H3,(H,14,15). The van der Waals surface area contributed by atoms with E-state index < -0.39 is 10.0 Å². The summed E-state index contributed by atoms with van der Waals surface area (Å²) in [4.78, 5) is 4.01. The highest BCUT2D eigenvalue weighted by atomic mass is 35.5. The third-order valence-electron chi connectivity index (χ3n) is 2.80. The Morgan fingerprint density at radius 1 is 1.45 bits per heavy atom. The Morgan fingerprint density at radius 3 is 2.65 bits per heavy atom. The predicted octanol–water partition coefficient (Wildman–Crippen LogP) is 1.56. The van der Waals surface area contributed by atoms with Crippen LogP contribution in [-0.2, 0) is 10.0 Å². The predicted molar refractivity (Wildman–Crippen MR) is 79.5 cm³/mol. The van der Waals surface area contributed by atoms with Gasteiger partial charge in [-0.05, 0) is 12.5 Å². The first-order valence-corrected chi connectivity index (χ1v) is 8.23. The Morgan fingerprint density at radius 2 is 2.15 bits per heavy atom. The summed E-state index contributed by atoms with van der Waals surface area (Å²) in [7, 11) is -2.03. The van der Waals surface area contributed by atoms with Crippen molar-refractivity contribution in [3.8, 4) is 0 Å². The average Bonchev–Trinajstić information content (AvgIpc) is 2.43. The van der Waals surface area contributed by atoms with E-state index in [1.807, 2.05) is 6.92 Å². The zero-order valence-electron chi connectivity index (χ0n) is 11.6. The monoisotopic (exact) mass is 321 g/mol. The van der Waals surface area contributed by atoms with Crippen LogP contribution in [0.1, 0.15) is 19.8 Å². The van der Waals surface area contributed by atoms with E-state index in [0.717, 1.165) is 12.8 Å². The molecule has 2 N–H and O–H groups in total. The smallest absolute Gasteiger partial charge is 0.244 e. The molecule has 0 aliphatic heterocycles. The second kappa shape index (κ2) is 7.78. The van der Waals surface area contributed by atoms with E-state index in [2.05, 4.69) is 10.3 Å². The van der Waals surface area contributed by atoms with Gasteiger partial charge in [-0.25, -0.2) is 13.4 Å². The highest BCUT2D eigenvalue weighted by molar-refractivity contribution is 7.89. The number of halogens is 1. The molecule has 0 saturated heterocycles. The Labute approximate surface area is 124 Å². The lowest BCUT2D eigenvalue weighted by Gasteiger charge is -2.21. The molecule has 0 saturated carbocycles. The molecule has 1 heterocycles. The van der Waals surface area contributed by atoms with Gasteiger partial charge in [0, 0.05) is 26.3 Å². The summed E-state index contributed by atoms with van der Waals surface area (Å²) >= 11 is 5.96. The second-order valence-corrected chi connectivity index (χ2v) is 6.58. The van der Waals surface area contributed by atoms with Crippen LogP contribution < -0.4 is 5.32 Å². The molecule has 20 heavy (non-hydrogen) atoms. The van der Waals surface area contributed by atoms with Crippen LogP contribution in [0.4, 0.5) is 5.82 Å². The summed E-state index contributed by atoms with van der Waals surface area (Å²) in [6, 6.07) is 1.37. The molecule has 0 spiro atoms. The third-order valence-corrected chi connectivity index (χ3v) is 4.95. The number of aliphatic hydroxyl groups excluding tert-OH is 1. The van der Waals surface area contributed by atoms with Gasteiger partial charge in [-0.15, -0.1) is 0 Å². The molecule has 0 aliphatic carbocycles.